The van der Waals surface area contributed by atoms with Crippen molar-refractivity contribution in [2.75, 3.05) is 13.1 Å². The molecular weight excluding hydrogens is 189 g/mol. The number of benzene rings is 1. The molecule has 0 aliphatic carbocycles. The molecule has 3 heteroatoms. The molecule has 0 unspecified atom stereocenters. The van der Waals surface area contributed by atoms with Crippen LogP contribution < -0.4 is 5.32 Å². The van der Waals surface area contributed by atoms with E-state index < -0.39 is 0 Å². The predicted octanol–water partition coefficient (Wildman–Crippen LogP) is 2.34. The molecule has 0 spiro atoms. The number of rotatable bonds is 1. The number of nitrogens with one attached hydrogen (secondary N) is 1. The fraction of sp³-hybridized carbons (Fsp3) is 0.400. The molecule has 1 saturated heterocycles. The van der Waals surface area contributed by atoms with Crippen molar-refractivity contribution in [1.82, 2.24) is 5.32 Å². The molecule has 1 heterocycles. The van der Waals surface area contributed by atoms with Gasteiger partial charge >= 0.3 is 0 Å². The molecule has 0 aromatic heterocycles. The van der Waals surface area contributed by atoms with Crippen LogP contribution in [0.25, 0.3) is 0 Å². The molecule has 0 amide bonds. The molecule has 0 radical (unpaired) electrons. The van der Waals surface area contributed by atoms with Gasteiger partial charge in [0, 0.05) is 18.5 Å². The zero-order valence-electron chi connectivity index (χ0n) is 7.40. The van der Waals surface area contributed by atoms with Gasteiger partial charge in [-0.15, -0.1) is 0 Å². The van der Waals surface area contributed by atoms with Crippen LogP contribution in [0, 0.1) is 5.82 Å². The van der Waals surface area contributed by atoms with Crippen LogP contribution in [0.2, 0.25) is 5.02 Å². The molecule has 1 nitrogen and oxygen atoms in total. The third-order valence-electron chi connectivity index (χ3n) is 2.65. The van der Waals surface area contributed by atoms with E-state index in [9.17, 15) is 4.39 Å². The van der Waals surface area contributed by atoms with E-state index in [2.05, 4.69) is 12.2 Å². The van der Waals surface area contributed by atoms with Gasteiger partial charge in [0.05, 0.1) is 5.02 Å². The molecule has 2 rings (SSSR count). The van der Waals surface area contributed by atoms with E-state index in [-0.39, 0.29) is 16.3 Å². The molecule has 70 valence electrons. The largest absolute Gasteiger partial charge is 0.315 e. The first-order valence-electron chi connectivity index (χ1n) is 4.28. The molecule has 0 bridgehead atoms. The molecule has 0 saturated carbocycles. The number of hydrogen-bond donors (Lipinski definition) is 1. The van der Waals surface area contributed by atoms with Crippen molar-refractivity contribution in [2.45, 2.75) is 12.3 Å². The molecule has 0 atom stereocenters. The Balaban J connectivity index is 2.36. The van der Waals surface area contributed by atoms with Gasteiger partial charge in [-0.2, -0.15) is 0 Å². The number of halogens is 2. The lowest BCUT2D eigenvalue weighted by Crippen LogP contribution is -2.54. The van der Waals surface area contributed by atoms with Crippen LogP contribution in [0.3, 0.4) is 0 Å². The minimum atomic E-state index is -0.346. The maximum Gasteiger partial charge on any atom is 0.141 e. The van der Waals surface area contributed by atoms with E-state index in [0.29, 0.717) is 0 Å². The van der Waals surface area contributed by atoms with Gasteiger partial charge in [-0.3, -0.25) is 0 Å². The Morgan fingerprint density at radius 2 is 2.15 bits per heavy atom. The van der Waals surface area contributed by atoms with Gasteiger partial charge in [0.25, 0.3) is 0 Å². The molecule has 1 fully saturated rings. The monoisotopic (exact) mass is 199 g/mol. The third-order valence-corrected chi connectivity index (χ3v) is 2.94. The zero-order valence-corrected chi connectivity index (χ0v) is 8.16. The average Bonchev–Trinajstić information content (AvgIpc) is 2.06. The van der Waals surface area contributed by atoms with Crippen LogP contribution in [-0.2, 0) is 5.41 Å². The molecule has 1 aliphatic heterocycles. The Morgan fingerprint density at radius 3 is 2.62 bits per heavy atom. The Hall–Kier alpha value is -0.600. The second-order valence-electron chi connectivity index (χ2n) is 3.79. The zero-order chi connectivity index (χ0) is 9.47. The van der Waals surface area contributed by atoms with Crippen molar-refractivity contribution in [2.24, 2.45) is 0 Å². The highest BCUT2D eigenvalue weighted by atomic mass is 35.5. The summed E-state index contributed by atoms with van der Waals surface area (Å²) in [7, 11) is 0. The molecule has 13 heavy (non-hydrogen) atoms. The van der Waals surface area contributed by atoms with E-state index >= 15 is 0 Å². The van der Waals surface area contributed by atoms with E-state index in [4.69, 9.17) is 11.6 Å². The summed E-state index contributed by atoms with van der Waals surface area (Å²) in [4.78, 5) is 0. The first-order valence-corrected chi connectivity index (χ1v) is 4.66. The van der Waals surface area contributed by atoms with Crippen LogP contribution in [-0.4, -0.2) is 13.1 Å². The van der Waals surface area contributed by atoms with Crippen molar-refractivity contribution in [3.05, 3.63) is 34.6 Å². The summed E-state index contributed by atoms with van der Waals surface area (Å²) in [6.45, 7) is 4.02. The highest BCUT2D eigenvalue weighted by Gasteiger charge is 2.33. The van der Waals surface area contributed by atoms with E-state index in [1.165, 1.54) is 6.07 Å². The average molecular weight is 200 g/mol. The van der Waals surface area contributed by atoms with Crippen LogP contribution in [0.15, 0.2) is 18.2 Å². The number of hydrogen-bond acceptors (Lipinski definition) is 1. The van der Waals surface area contributed by atoms with Crippen LogP contribution >= 0.6 is 11.6 Å². The maximum absolute atomic E-state index is 12.9. The summed E-state index contributed by atoms with van der Waals surface area (Å²) < 4.78 is 12.9. The maximum atomic E-state index is 12.9. The molecule has 1 N–H and O–H groups in total. The lowest BCUT2D eigenvalue weighted by atomic mass is 9.77. The molecule has 1 aromatic rings. The normalized spacial score (nSPS) is 19.6. The van der Waals surface area contributed by atoms with Gasteiger partial charge < -0.3 is 5.32 Å². The Kier molecular flexibility index (Phi) is 2.05. The molecule has 1 aliphatic rings. The predicted molar refractivity (Wildman–Crippen MR) is 51.6 cm³/mol. The first-order chi connectivity index (χ1) is 6.12. The minimum Gasteiger partial charge on any atom is -0.315 e. The van der Waals surface area contributed by atoms with E-state index in [0.717, 1.165) is 18.7 Å². The van der Waals surface area contributed by atoms with Crippen LogP contribution in [0.5, 0.6) is 0 Å². The van der Waals surface area contributed by atoms with Crippen molar-refractivity contribution in [1.29, 1.82) is 0 Å². The van der Waals surface area contributed by atoms with Crippen molar-refractivity contribution >= 4 is 11.6 Å². The van der Waals surface area contributed by atoms with Crippen LogP contribution in [0.4, 0.5) is 4.39 Å². The summed E-state index contributed by atoms with van der Waals surface area (Å²) in [5.74, 6) is -0.346. The summed E-state index contributed by atoms with van der Waals surface area (Å²) >= 11 is 5.71. The summed E-state index contributed by atoms with van der Waals surface area (Å²) in [6.07, 6.45) is 0. The third kappa shape index (κ3) is 1.45. The Morgan fingerprint density at radius 1 is 1.46 bits per heavy atom. The topological polar surface area (TPSA) is 12.0 Å². The lowest BCUT2D eigenvalue weighted by molar-refractivity contribution is 0.305. The molecule has 1 aromatic carbocycles. The van der Waals surface area contributed by atoms with Crippen molar-refractivity contribution in [3.63, 3.8) is 0 Å². The van der Waals surface area contributed by atoms with Crippen LogP contribution in [0.1, 0.15) is 12.5 Å². The first kappa shape index (κ1) is 8.97. The fourth-order valence-corrected chi connectivity index (χ4v) is 1.76. The van der Waals surface area contributed by atoms with Gasteiger partial charge in [-0.05, 0) is 17.7 Å². The quantitative estimate of drug-likeness (QED) is 0.732. The smallest absolute Gasteiger partial charge is 0.141 e. The summed E-state index contributed by atoms with van der Waals surface area (Å²) in [5.41, 5.74) is 1.25. The second-order valence-corrected chi connectivity index (χ2v) is 4.20. The molecular formula is C10H11ClFN. The highest BCUT2D eigenvalue weighted by molar-refractivity contribution is 6.30. The standard InChI is InChI=1S/C10H11ClFN/c1-10(5-13-6-10)7-2-3-9(12)8(11)4-7/h2-4,13H,5-6H2,1H3. The fourth-order valence-electron chi connectivity index (χ4n) is 1.58. The minimum absolute atomic E-state index is 0.136. The van der Waals surface area contributed by atoms with Gasteiger partial charge in [0.2, 0.25) is 0 Å². The lowest BCUT2D eigenvalue weighted by Gasteiger charge is -2.40. The Bertz CT molecular complexity index is 334. The van der Waals surface area contributed by atoms with Gasteiger partial charge in [0.15, 0.2) is 0 Å². The summed E-state index contributed by atoms with van der Waals surface area (Å²) in [5, 5.41) is 3.41. The van der Waals surface area contributed by atoms with Crippen molar-refractivity contribution < 1.29 is 4.39 Å². The van der Waals surface area contributed by atoms with Gasteiger partial charge in [0.1, 0.15) is 5.82 Å². The van der Waals surface area contributed by atoms with E-state index in [1.54, 1.807) is 6.07 Å². The van der Waals surface area contributed by atoms with Gasteiger partial charge in [-0.1, -0.05) is 24.6 Å². The van der Waals surface area contributed by atoms with Crippen molar-refractivity contribution in [3.8, 4) is 0 Å². The Labute approximate surface area is 81.9 Å². The van der Waals surface area contributed by atoms with Gasteiger partial charge in [-0.25, -0.2) is 4.39 Å². The second kappa shape index (κ2) is 2.96. The summed E-state index contributed by atoms with van der Waals surface area (Å²) in [6, 6.07) is 4.96. The van der Waals surface area contributed by atoms with E-state index in [1.807, 2.05) is 6.07 Å². The SMILES string of the molecule is CC1(c2ccc(F)c(Cl)c2)CNC1. The highest BCUT2D eigenvalue weighted by Crippen LogP contribution is 2.30.